The number of sulfonamides is 1. The van der Waals surface area contributed by atoms with E-state index < -0.39 is 10.0 Å². The molecule has 0 heterocycles. The SMILES string of the molecule is C=CCCOCCNS(=O)(=O)c1c(C)cccc1N. The van der Waals surface area contributed by atoms with E-state index >= 15 is 0 Å². The summed E-state index contributed by atoms with van der Waals surface area (Å²) in [4.78, 5) is 0.140. The molecule has 1 rings (SSSR count). The third-order valence-electron chi connectivity index (χ3n) is 2.52. The summed E-state index contributed by atoms with van der Waals surface area (Å²) in [5, 5.41) is 0. The molecule has 0 unspecified atom stereocenters. The van der Waals surface area contributed by atoms with Crippen LogP contribution < -0.4 is 10.5 Å². The fourth-order valence-electron chi connectivity index (χ4n) is 1.63. The van der Waals surface area contributed by atoms with Crippen LogP contribution in [-0.2, 0) is 14.8 Å². The van der Waals surface area contributed by atoms with Crippen LogP contribution in [0.2, 0.25) is 0 Å². The minimum absolute atomic E-state index is 0.140. The highest BCUT2D eigenvalue weighted by atomic mass is 32.2. The lowest BCUT2D eigenvalue weighted by Gasteiger charge is -2.11. The number of anilines is 1. The molecule has 1 aromatic carbocycles. The molecule has 0 saturated heterocycles. The number of nitrogens with two attached hydrogens (primary N) is 1. The highest BCUT2D eigenvalue weighted by Gasteiger charge is 2.18. The van der Waals surface area contributed by atoms with Crippen LogP contribution in [-0.4, -0.2) is 28.2 Å². The molecular formula is C13H20N2O3S. The summed E-state index contributed by atoms with van der Waals surface area (Å²) in [6.45, 7) is 6.36. The Hall–Kier alpha value is -1.37. The molecule has 0 aliphatic carbocycles. The normalized spacial score (nSPS) is 11.4. The first-order valence-electron chi connectivity index (χ1n) is 6.02. The number of benzene rings is 1. The van der Waals surface area contributed by atoms with Gasteiger partial charge in [-0.2, -0.15) is 0 Å². The minimum atomic E-state index is -3.59. The van der Waals surface area contributed by atoms with Crippen molar-refractivity contribution in [3.8, 4) is 0 Å². The van der Waals surface area contributed by atoms with Crippen molar-refractivity contribution in [2.24, 2.45) is 0 Å². The maximum Gasteiger partial charge on any atom is 0.242 e. The van der Waals surface area contributed by atoms with Crippen molar-refractivity contribution >= 4 is 15.7 Å². The number of aryl methyl sites for hydroxylation is 1. The molecule has 0 fully saturated rings. The summed E-state index contributed by atoms with van der Waals surface area (Å²) in [6.07, 6.45) is 2.50. The van der Waals surface area contributed by atoms with E-state index in [-0.39, 0.29) is 17.1 Å². The van der Waals surface area contributed by atoms with Crippen LogP contribution in [0.1, 0.15) is 12.0 Å². The summed E-state index contributed by atoms with van der Waals surface area (Å²) in [7, 11) is -3.59. The smallest absolute Gasteiger partial charge is 0.242 e. The Labute approximate surface area is 114 Å². The van der Waals surface area contributed by atoms with E-state index in [1.165, 1.54) is 0 Å². The fraction of sp³-hybridized carbons (Fsp3) is 0.385. The second-order valence-corrected chi connectivity index (χ2v) is 5.78. The molecule has 0 saturated carbocycles. The highest BCUT2D eigenvalue weighted by molar-refractivity contribution is 7.89. The first-order valence-corrected chi connectivity index (χ1v) is 7.50. The third-order valence-corrected chi connectivity index (χ3v) is 4.20. The molecule has 0 aliphatic heterocycles. The second kappa shape index (κ2) is 7.28. The molecule has 0 bridgehead atoms. The number of ether oxygens (including phenoxy) is 1. The molecule has 0 radical (unpaired) electrons. The zero-order chi connectivity index (χ0) is 14.3. The van der Waals surface area contributed by atoms with Crippen LogP contribution in [0.4, 0.5) is 5.69 Å². The fourth-order valence-corrected chi connectivity index (χ4v) is 3.00. The van der Waals surface area contributed by atoms with Crippen molar-refractivity contribution in [2.75, 3.05) is 25.5 Å². The van der Waals surface area contributed by atoms with Crippen LogP contribution in [0.5, 0.6) is 0 Å². The summed E-state index contributed by atoms with van der Waals surface area (Å²) < 4.78 is 31.9. The molecule has 1 aromatic rings. The zero-order valence-electron chi connectivity index (χ0n) is 11.1. The van der Waals surface area contributed by atoms with Gasteiger partial charge >= 0.3 is 0 Å². The average Bonchev–Trinajstić information content (AvgIpc) is 2.33. The quantitative estimate of drug-likeness (QED) is 0.430. The number of nitrogens with one attached hydrogen (secondary N) is 1. The molecule has 19 heavy (non-hydrogen) atoms. The third kappa shape index (κ3) is 4.66. The van der Waals surface area contributed by atoms with Gasteiger partial charge in [0.05, 0.1) is 18.9 Å². The monoisotopic (exact) mass is 284 g/mol. The molecule has 0 aliphatic rings. The largest absolute Gasteiger partial charge is 0.398 e. The van der Waals surface area contributed by atoms with Crippen LogP contribution in [0.25, 0.3) is 0 Å². The number of rotatable bonds is 8. The van der Waals surface area contributed by atoms with Crippen LogP contribution >= 0.6 is 0 Å². The number of hydrogen-bond donors (Lipinski definition) is 2. The van der Waals surface area contributed by atoms with E-state index in [4.69, 9.17) is 10.5 Å². The average molecular weight is 284 g/mol. The Morgan fingerprint density at radius 1 is 1.42 bits per heavy atom. The van der Waals surface area contributed by atoms with Crippen molar-refractivity contribution < 1.29 is 13.2 Å². The Kier molecular flexibility index (Phi) is 6.01. The molecule has 106 valence electrons. The molecule has 6 heteroatoms. The van der Waals surface area contributed by atoms with Gasteiger partial charge in [0, 0.05) is 6.54 Å². The van der Waals surface area contributed by atoms with Crippen LogP contribution in [0.3, 0.4) is 0 Å². The molecular weight excluding hydrogens is 264 g/mol. The lowest BCUT2D eigenvalue weighted by molar-refractivity contribution is 0.144. The highest BCUT2D eigenvalue weighted by Crippen LogP contribution is 2.21. The first-order chi connectivity index (χ1) is 8.99. The Balaban J connectivity index is 2.59. The van der Waals surface area contributed by atoms with Gasteiger partial charge in [0.2, 0.25) is 10.0 Å². The van der Waals surface area contributed by atoms with Gasteiger partial charge in [-0.3, -0.25) is 0 Å². The van der Waals surface area contributed by atoms with E-state index in [2.05, 4.69) is 11.3 Å². The van der Waals surface area contributed by atoms with E-state index in [1.807, 2.05) is 0 Å². The Morgan fingerprint density at radius 3 is 2.79 bits per heavy atom. The summed E-state index contributed by atoms with van der Waals surface area (Å²) >= 11 is 0. The topological polar surface area (TPSA) is 81.4 Å². The van der Waals surface area contributed by atoms with Gasteiger partial charge in [-0.15, -0.1) is 6.58 Å². The molecule has 0 aromatic heterocycles. The Bertz CT molecular complexity index is 506. The summed E-state index contributed by atoms with van der Waals surface area (Å²) in [5.41, 5.74) is 6.59. The van der Waals surface area contributed by atoms with E-state index in [1.54, 1.807) is 31.2 Å². The molecule has 3 N–H and O–H groups in total. The van der Waals surface area contributed by atoms with Gasteiger partial charge in [0.25, 0.3) is 0 Å². The van der Waals surface area contributed by atoms with E-state index in [0.29, 0.717) is 18.8 Å². The molecule has 5 nitrogen and oxygen atoms in total. The van der Waals surface area contributed by atoms with Gasteiger partial charge in [-0.25, -0.2) is 13.1 Å². The van der Waals surface area contributed by atoms with E-state index in [9.17, 15) is 8.42 Å². The van der Waals surface area contributed by atoms with Crippen LogP contribution in [0, 0.1) is 6.92 Å². The van der Waals surface area contributed by atoms with Crippen LogP contribution in [0.15, 0.2) is 35.7 Å². The predicted octanol–water partition coefficient (Wildman–Crippen LogP) is 1.45. The van der Waals surface area contributed by atoms with Gasteiger partial charge in [0.1, 0.15) is 4.90 Å². The lowest BCUT2D eigenvalue weighted by Crippen LogP contribution is -2.28. The lowest BCUT2D eigenvalue weighted by atomic mass is 10.2. The summed E-state index contributed by atoms with van der Waals surface area (Å²) in [5.74, 6) is 0. The first kappa shape index (κ1) is 15.7. The van der Waals surface area contributed by atoms with E-state index in [0.717, 1.165) is 6.42 Å². The minimum Gasteiger partial charge on any atom is -0.398 e. The van der Waals surface area contributed by atoms with Crippen molar-refractivity contribution in [3.05, 3.63) is 36.4 Å². The number of hydrogen-bond acceptors (Lipinski definition) is 4. The summed E-state index contributed by atoms with van der Waals surface area (Å²) in [6, 6.07) is 5.01. The predicted molar refractivity (Wildman–Crippen MR) is 76.4 cm³/mol. The van der Waals surface area contributed by atoms with Crippen molar-refractivity contribution in [1.29, 1.82) is 0 Å². The van der Waals surface area contributed by atoms with Gasteiger partial charge in [-0.1, -0.05) is 18.2 Å². The molecule has 0 atom stereocenters. The maximum absolute atomic E-state index is 12.1. The van der Waals surface area contributed by atoms with Gasteiger partial charge < -0.3 is 10.5 Å². The van der Waals surface area contributed by atoms with Crippen molar-refractivity contribution in [3.63, 3.8) is 0 Å². The van der Waals surface area contributed by atoms with Crippen molar-refractivity contribution in [1.82, 2.24) is 4.72 Å². The van der Waals surface area contributed by atoms with Gasteiger partial charge in [0.15, 0.2) is 0 Å². The maximum atomic E-state index is 12.1. The standard InChI is InChI=1S/C13H20N2O3S/c1-3-4-9-18-10-8-15-19(16,17)13-11(2)6-5-7-12(13)14/h3,5-7,15H,1,4,8-10,14H2,2H3. The molecule has 0 amide bonds. The van der Waals surface area contributed by atoms with Crippen molar-refractivity contribution in [2.45, 2.75) is 18.2 Å². The molecule has 0 spiro atoms. The number of nitrogen functional groups attached to an aromatic ring is 1. The van der Waals surface area contributed by atoms with Gasteiger partial charge in [-0.05, 0) is 25.0 Å². The Morgan fingerprint density at radius 2 is 2.16 bits per heavy atom. The second-order valence-electron chi connectivity index (χ2n) is 4.08. The zero-order valence-corrected chi connectivity index (χ0v) is 11.9.